The molecule has 0 aliphatic carbocycles. The average Bonchev–Trinajstić information content (AvgIpc) is 2.43. The molecule has 0 saturated heterocycles. The summed E-state index contributed by atoms with van der Waals surface area (Å²) in [4.78, 5) is 24.0. The van der Waals surface area contributed by atoms with E-state index < -0.39 is 27.4 Å². The van der Waals surface area contributed by atoms with Crippen molar-refractivity contribution in [1.82, 2.24) is 10.6 Å². The predicted octanol–water partition coefficient (Wildman–Crippen LogP) is 1.32. The van der Waals surface area contributed by atoms with E-state index in [1.54, 1.807) is 12.1 Å². The van der Waals surface area contributed by atoms with E-state index in [2.05, 4.69) is 31.4 Å². The Kier molecular flexibility index (Phi) is 6.95. The summed E-state index contributed by atoms with van der Waals surface area (Å²) >= 11 is 0. The Hall–Kier alpha value is -1.93. The second-order valence-electron chi connectivity index (χ2n) is 8.27. The number of hydrogen-bond donors (Lipinski definition) is 3. The molecule has 4 N–H and O–H groups in total. The minimum atomic E-state index is -3.72. The standard InChI is InChI=1S/C18H29N3O4S/c1-17(2,3)12-18(4,5)21-16(23)15(22)20-11-10-13-6-8-14(9-7-13)26(19,24)25/h6-9H,10-12H2,1-5H3,(H,20,22)(H,21,23)(H2,19,24,25). The summed E-state index contributed by atoms with van der Waals surface area (Å²) in [6, 6.07) is 6.07. The third kappa shape index (κ3) is 7.97. The zero-order valence-electron chi connectivity index (χ0n) is 16.0. The van der Waals surface area contributed by atoms with Crippen molar-refractivity contribution in [2.45, 2.75) is 57.9 Å². The van der Waals surface area contributed by atoms with Crippen LogP contribution in [0.2, 0.25) is 0 Å². The quantitative estimate of drug-likeness (QED) is 0.642. The largest absolute Gasteiger partial charge is 0.348 e. The van der Waals surface area contributed by atoms with Crippen LogP contribution < -0.4 is 15.8 Å². The first kappa shape index (κ1) is 22.1. The zero-order chi connectivity index (χ0) is 20.2. The SMILES string of the molecule is CC(C)(C)CC(C)(C)NC(=O)C(=O)NCCc1ccc(S(N)(=O)=O)cc1. The van der Waals surface area contributed by atoms with Crippen molar-refractivity contribution in [3.8, 4) is 0 Å². The van der Waals surface area contributed by atoms with Crippen LogP contribution in [-0.4, -0.2) is 32.3 Å². The Morgan fingerprint density at radius 2 is 1.54 bits per heavy atom. The molecular formula is C18H29N3O4S. The molecular weight excluding hydrogens is 354 g/mol. The van der Waals surface area contributed by atoms with Gasteiger partial charge in [0.25, 0.3) is 0 Å². The number of amides is 2. The summed E-state index contributed by atoms with van der Waals surface area (Å²) in [5, 5.41) is 10.4. The molecule has 2 amide bonds. The van der Waals surface area contributed by atoms with E-state index in [0.717, 1.165) is 12.0 Å². The molecule has 0 saturated carbocycles. The molecule has 146 valence electrons. The lowest BCUT2D eigenvalue weighted by molar-refractivity contribution is -0.140. The fourth-order valence-corrected chi connectivity index (χ4v) is 3.50. The summed E-state index contributed by atoms with van der Waals surface area (Å²) in [6.45, 7) is 10.3. The summed E-state index contributed by atoms with van der Waals surface area (Å²) in [5.41, 5.74) is 0.360. The van der Waals surface area contributed by atoms with Gasteiger partial charge in [0, 0.05) is 12.1 Å². The van der Waals surface area contributed by atoms with Crippen LogP contribution in [0.5, 0.6) is 0 Å². The molecule has 0 heterocycles. The van der Waals surface area contributed by atoms with Crippen LogP contribution in [0.25, 0.3) is 0 Å². The van der Waals surface area contributed by atoms with Crippen molar-refractivity contribution < 1.29 is 18.0 Å². The highest BCUT2D eigenvalue weighted by atomic mass is 32.2. The van der Waals surface area contributed by atoms with Crippen LogP contribution in [0.3, 0.4) is 0 Å². The number of carbonyl (C=O) groups excluding carboxylic acids is 2. The summed E-state index contributed by atoms with van der Waals surface area (Å²) in [5.74, 6) is -1.35. The molecule has 1 aromatic carbocycles. The number of hydrogen-bond acceptors (Lipinski definition) is 4. The number of carbonyl (C=O) groups is 2. The Morgan fingerprint density at radius 3 is 2.00 bits per heavy atom. The van der Waals surface area contributed by atoms with Gasteiger partial charge in [-0.05, 0) is 49.8 Å². The summed E-state index contributed by atoms with van der Waals surface area (Å²) in [7, 11) is -3.72. The maximum Gasteiger partial charge on any atom is 0.309 e. The minimum absolute atomic E-state index is 0.0242. The van der Waals surface area contributed by atoms with Crippen LogP contribution in [-0.2, 0) is 26.0 Å². The maximum atomic E-state index is 12.0. The number of nitrogens with one attached hydrogen (secondary N) is 2. The van der Waals surface area contributed by atoms with Crippen LogP contribution in [0.4, 0.5) is 0 Å². The molecule has 26 heavy (non-hydrogen) atoms. The fraction of sp³-hybridized carbons (Fsp3) is 0.556. The van der Waals surface area contributed by atoms with Gasteiger partial charge >= 0.3 is 11.8 Å². The molecule has 8 heteroatoms. The van der Waals surface area contributed by atoms with Crippen molar-refractivity contribution in [2.75, 3.05) is 6.54 Å². The second kappa shape index (κ2) is 8.18. The van der Waals surface area contributed by atoms with Crippen LogP contribution in [0.15, 0.2) is 29.2 Å². The minimum Gasteiger partial charge on any atom is -0.348 e. The van der Waals surface area contributed by atoms with Gasteiger partial charge in [-0.25, -0.2) is 13.6 Å². The van der Waals surface area contributed by atoms with Crippen molar-refractivity contribution >= 4 is 21.8 Å². The average molecular weight is 384 g/mol. The van der Waals surface area contributed by atoms with Crippen molar-refractivity contribution in [3.05, 3.63) is 29.8 Å². The van der Waals surface area contributed by atoms with E-state index in [1.165, 1.54) is 12.1 Å². The number of nitrogens with two attached hydrogens (primary N) is 1. The molecule has 0 atom stereocenters. The van der Waals surface area contributed by atoms with Crippen LogP contribution >= 0.6 is 0 Å². The van der Waals surface area contributed by atoms with Gasteiger partial charge in [0.2, 0.25) is 10.0 Å². The van der Waals surface area contributed by atoms with Crippen LogP contribution in [0.1, 0.15) is 46.6 Å². The van der Waals surface area contributed by atoms with Crippen molar-refractivity contribution in [2.24, 2.45) is 10.6 Å². The zero-order valence-corrected chi connectivity index (χ0v) is 16.9. The topological polar surface area (TPSA) is 118 Å². The molecule has 1 rings (SSSR count). The first-order valence-electron chi connectivity index (χ1n) is 8.42. The number of benzene rings is 1. The van der Waals surface area contributed by atoms with Gasteiger partial charge in [0.15, 0.2) is 0 Å². The van der Waals surface area contributed by atoms with Crippen molar-refractivity contribution in [3.63, 3.8) is 0 Å². The third-order valence-corrected chi connectivity index (χ3v) is 4.51. The molecule has 0 aliphatic rings. The van der Waals surface area contributed by atoms with E-state index in [0.29, 0.717) is 6.42 Å². The van der Waals surface area contributed by atoms with Gasteiger partial charge in [-0.15, -0.1) is 0 Å². The Labute approximate surface area is 155 Å². The molecule has 1 aromatic rings. The smallest absolute Gasteiger partial charge is 0.309 e. The van der Waals surface area contributed by atoms with Gasteiger partial charge in [0.05, 0.1) is 4.90 Å². The summed E-state index contributed by atoms with van der Waals surface area (Å²) < 4.78 is 22.4. The third-order valence-electron chi connectivity index (χ3n) is 3.58. The number of rotatable bonds is 6. The molecule has 0 spiro atoms. The Balaban J connectivity index is 2.50. The van der Waals surface area contributed by atoms with E-state index in [4.69, 9.17) is 5.14 Å². The molecule has 0 bridgehead atoms. The lowest BCUT2D eigenvalue weighted by Crippen LogP contribution is -2.51. The van der Waals surface area contributed by atoms with Gasteiger partial charge in [0.1, 0.15) is 0 Å². The highest BCUT2D eigenvalue weighted by Gasteiger charge is 2.29. The predicted molar refractivity (Wildman–Crippen MR) is 101 cm³/mol. The van der Waals surface area contributed by atoms with E-state index in [1.807, 2.05) is 13.8 Å². The monoisotopic (exact) mass is 383 g/mol. The first-order chi connectivity index (χ1) is 11.7. The number of sulfonamides is 1. The Bertz CT molecular complexity index is 748. The lowest BCUT2D eigenvalue weighted by atomic mass is 9.82. The molecule has 0 radical (unpaired) electrons. The van der Waals surface area contributed by atoms with Gasteiger partial charge in [-0.2, -0.15) is 0 Å². The lowest BCUT2D eigenvalue weighted by Gasteiger charge is -2.33. The normalized spacial score (nSPS) is 12.5. The maximum absolute atomic E-state index is 12.0. The molecule has 7 nitrogen and oxygen atoms in total. The second-order valence-corrected chi connectivity index (χ2v) is 9.83. The highest BCUT2D eigenvalue weighted by molar-refractivity contribution is 7.89. The molecule has 0 aliphatic heterocycles. The fourth-order valence-electron chi connectivity index (χ4n) is 2.98. The highest BCUT2D eigenvalue weighted by Crippen LogP contribution is 2.26. The molecule has 0 fully saturated rings. The van der Waals surface area contributed by atoms with Gasteiger partial charge < -0.3 is 10.6 Å². The van der Waals surface area contributed by atoms with Gasteiger partial charge in [-0.3, -0.25) is 9.59 Å². The molecule has 0 unspecified atom stereocenters. The van der Waals surface area contributed by atoms with E-state index in [-0.39, 0.29) is 16.9 Å². The first-order valence-corrected chi connectivity index (χ1v) is 9.96. The number of primary sulfonamides is 1. The Morgan fingerprint density at radius 1 is 1.00 bits per heavy atom. The molecule has 0 aromatic heterocycles. The summed E-state index contributed by atoms with van der Waals surface area (Å²) in [6.07, 6.45) is 1.20. The van der Waals surface area contributed by atoms with E-state index >= 15 is 0 Å². The van der Waals surface area contributed by atoms with E-state index in [9.17, 15) is 18.0 Å². The van der Waals surface area contributed by atoms with Crippen molar-refractivity contribution in [1.29, 1.82) is 0 Å². The van der Waals surface area contributed by atoms with Gasteiger partial charge in [-0.1, -0.05) is 32.9 Å². The van der Waals surface area contributed by atoms with Crippen LogP contribution in [0, 0.1) is 5.41 Å².